The normalized spacial score (nSPS) is 19.4. The first-order valence-corrected chi connectivity index (χ1v) is 11.9. The minimum atomic E-state index is -0.395. The maximum absolute atomic E-state index is 13.2. The second-order valence-corrected chi connectivity index (χ2v) is 10.5. The average molecular weight is 441 g/mol. The highest BCUT2D eigenvalue weighted by molar-refractivity contribution is 6.04. The lowest BCUT2D eigenvalue weighted by atomic mass is 9.74. The summed E-state index contributed by atoms with van der Waals surface area (Å²) in [7, 11) is 1.89. The van der Waals surface area contributed by atoms with Gasteiger partial charge in [-0.15, -0.1) is 0 Å². The molecule has 1 saturated carbocycles. The fourth-order valence-electron chi connectivity index (χ4n) is 5.51. The third-order valence-corrected chi connectivity index (χ3v) is 7.48. The Hall–Kier alpha value is -2.57. The van der Waals surface area contributed by atoms with Gasteiger partial charge >= 0.3 is 0 Å². The van der Waals surface area contributed by atoms with Gasteiger partial charge in [0.2, 0.25) is 0 Å². The van der Waals surface area contributed by atoms with Crippen LogP contribution < -0.4 is 10.9 Å². The lowest BCUT2D eigenvalue weighted by Gasteiger charge is -2.31. The van der Waals surface area contributed by atoms with Crippen molar-refractivity contribution in [3.63, 3.8) is 0 Å². The first-order chi connectivity index (χ1) is 15.1. The second kappa shape index (κ2) is 8.41. The molecule has 2 aromatic rings. The number of amides is 1. The van der Waals surface area contributed by atoms with Crippen LogP contribution in [0.4, 0.5) is 5.69 Å². The summed E-state index contributed by atoms with van der Waals surface area (Å²) in [4.78, 5) is 26.3. The number of anilines is 1. The SMILES string of the molecule is CC1=C(c2onc(C(=O)Nc3c(C)n(C)n(C4CCCCC4)c3=O)c2C)CCC(C)(C)C1. The maximum atomic E-state index is 13.2. The zero-order valence-corrected chi connectivity index (χ0v) is 20.3. The van der Waals surface area contributed by atoms with E-state index >= 15 is 0 Å². The highest BCUT2D eigenvalue weighted by Crippen LogP contribution is 2.43. The molecule has 2 aliphatic carbocycles. The van der Waals surface area contributed by atoms with Gasteiger partial charge in [0.1, 0.15) is 5.69 Å². The fourth-order valence-corrected chi connectivity index (χ4v) is 5.51. The van der Waals surface area contributed by atoms with Gasteiger partial charge in [-0.25, -0.2) is 4.68 Å². The Balaban J connectivity index is 1.60. The lowest BCUT2D eigenvalue weighted by molar-refractivity contribution is 0.101. The van der Waals surface area contributed by atoms with Crippen molar-refractivity contribution in [2.24, 2.45) is 12.5 Å². The van der Waals surface area contributed by atoms with Gasteiger partial charge < -0.3 is 9.84 Å². The zero-order chi connectivity index (χ0) is 23.2. The summed E-state index contributed by atoms with van der Waals surface area (Å²) in [6.45, 7) is 10.4. The van der Waals surface area contributed by atoms with Gasteiger partial charge in [0.25, 0.3) is 11.5 Å². The highest BCUT2D eigenvalue weighted by atomic mass is 16.5. The number of carbonyl (C=O) groups excluding carboxylic acids is 1. The third kappa shape index (κ3) is 3.97. The van der Waals surface area contributed by atoms with Crippen LogP contribution in [-0.4, -0.2) is 20.4 Å². The quantitative estimate of drug-likeness (QED) is 0.677. The number of aromatic nitrogens is 3. The van der Waals surface area contributed by atoms with Crippen LogP contribution in [0.25, 0.3) is 5.57 Å². The van der Waals surface area contributed by atoms with Crippen molar-refractivity contribution in [3.05, 3.63) is 38.6 Å². The fraction of sp³-hybridized carbons (Fsp3) is 0.640. The molecular formula is C25H36N4O3. The number of carbonyl (C=O) groups is 1. The van der Waals surface area contributed by atoms with E-state index in [0.717, 1.165) is 61.8 Å². The summed E-state index contributed by atoms with van der Waals surface area (Å²) in [5, 5.41) is 6.94. The first-order valence-electron chi connectivity index (χ1n) is 11.9. The lowest BCUT2D eigenvalue weighted by Crippen LogP contribution is -2.29. The molecule has 0 saturated heterocycles. The number of allylic oxidation sites excluding steroid dienone is 2. The van der Waals surface area contributed by atoms with Gasteiger partial charge in [-0.1, -0.05) is 43.8 Å². The minimum absolute atomic E-state index is 0.139. The summed E-state index contributed by atoms with van der Waals surface area (Å²) < 4.78 is 9.35. The molecule has 0 aliphatic heterocycles. The number of nitrogens with zero attached hydrogens (tertiary/aromatic N) is 3. The van der Waals surface area contributed by atoms with E-state index in [-0.39, 0.29) is 22.7 Å². The van der Waals surface area contributed by atoms with Crippen molar-refractivity contribution in [2.75, 3.05) is 5.32 Å². The van der Waals surface area contributed by atoms with E-state index in [1.54, 1.807) is 0 Å². The van der Waals surface area contributed by atoms with Crippen LogP contribution in [0.3, 0.4) is 0 Å². The summed E-state index contributed by atoms with van der Waals surface area (Å²) in [5.74, 6) is 0.307. The highest BCUT2D eigenvalue weighted by Gasteiger charge is 2.30. The van der Waals surface area contributed by atoms with Crippen molar-refractivity contribution >= 4 is 17.2 Å². The van der Waals surface area contributed by atoms with Crippen LogP contribution in [0.2, 0.25) is 0 Å². The Labute approximate surface area is 189 Å². The predicted octanol–water partition coefficient (Wildman–Crippen LogP) is 5.53. The molecule has 1 fully saturated rings. The number of rotatable bonds is 4. The van der Waals surface area contributed by atoms with Gasteiger partial charge in [-0.05, 0) is 63.9 Å². The molecule has 2 aromatic heterocycles. The molecule has 1 amide bonds. The molecule has 0 spiro atoms. The Morgan fingerprint density at radius 3 is 2.50 bits per heavy atom. The van der Waals surface area contributed by atoms with Crippen LogP contribution in [0.1, 0.15) is 106 Å². The van der Waals surface area contributed by atoms with E-state index < -0.39 is 5.91 Å². The summed E-state index contributed by atoms with van der Waals surface area (Å²) in [6, 6.07) is 0.191. The predicted molar refractivity (Wildman–Crippen MR) is 126 cm³/mol. The molecule has 0 bridgehead atoms. The Kier molecular flexibility index (Phi) is 5.94. The molecular weight excluding hydrogens is 404 g/mol. The standard InChI is InChI=1S/C25H36N4O3/c1-15-14-25(4,5)13-12-19(15)22-16(2)20(27-32-22)23(30)26-21-17(3)28(6)29(24(21)31)18-10-8-7-9-11-18/h18H,7-14H2,1-6H3,(H,26,30). The van der Waals surface area contributed by atoms with Gasteiger partial charge in [-0.3, -0.25) is 14.3 Å². The molecule has 174 valence electrons. The summed E-state index contributed by atoms with van der Waals surface area (Å²) in [6.07, 6.45) is 8.49. The zero-order valence-electron chi connectivity index (χ0n) is 20.3. The average Bonchev–Trinajstić information content (AvgIpc) is 3.21. The van der Waals surface area contributed by atoms with Crippen LogP contribution in [-0.2, 0) is 7.05 Å². The molecule has 32 heavy (non-hydrogen) atoms. The first kappa shape index (κ1) is 22.6. The molecule has 1 N–H and O–H groups in total. The number of hydrogen-bond acceptors (Lipinski definition) is 4. The number of hydrogen-bond donors (Lipinski definition) is 1. The van der Waals surface area contributed by atoms with Gasteiger partial charge in [0.15, 0.2) is 11.5 Å². The topological polar surface area (TPSA) is 82.1 Å². The Morgan fingerprint density at radius 2 is 1.84 bits per heavy atom. The molecule has 4 rings (SSSR count). The van der Waals surface area contributed by atoms with E-state index in [1.165, 1.54) is 12.0 Å². The smallest absolute Gasteiger partial charge is 0.291 e. The largest absolute Gasteiger partial charge is 0.356 e. The van der Waals surface area contributed by atoms with Crippen molar-refractivity contribution in [3.8, 4) is 0 Å². The molecule has 0 unspecified atom stereocenters. The van der Waals surface area contributed by atoms with Gasteiger partial charge in [0.05, 0.1) is 11.7 Å². The van der Waals surface area contributed by atoms with Gasteiger partial charge in [0, 0.05) is 12.6 Å². The summed E-state index contributed by atoms with van der Waals surface area (Å²) >= 11 is 0. The van der Waals surface area contributed by atoms with Crippen molar-refractivity contribution in [1.82, 2.24) is 14.5 Å². The van der Waals surface area contributed by atoms with E-state index in [2.05, 4.69) is 31.2 Å². The molecule has 0 aromatic carbocycles. The monoisotopic (exact) mass is 440 g/mol. The molecule has 7 heteroatoms. The van der Waals surface area contributed by atoms with E-state index in [1.807, 2.05) is 30.3 Å². The van der Waals surface area contributed by atoms with Crippen LogP contribution in [0, 0.1) is 19.3 Å². The summed E-state index contributed by atoms with van der Waals surface area (Å²) in [5.41, 5.74) is 4.66. The van der Waals surface area contributed by atoms with Crippen LogP contribution in [0.5, 0.6) is 0 Å². The van der Waals surface area contributed by atoms with Crippen molar-refractivity contribution in [2.45, 2.75) is 92.0 Å². The van der Waals surface area contributed by atoms with E-state index in [4.69, 9.17) is 4.52 Å². The van der Waals surface area contributed by atoms with Gasteiger partial charge in [-0.2, -0.15) is 0 Å². The van der Waals surface area contributed by atoms with Crippen LogP contribution in [0.15, 0.2) is 14.9 Å². The third-order valence-electron chi connectivity index (χ3n) is 7.48. The second-order valence-electron chi connectivity index (χ2n) is 10.5. The van der Waals surface area contributed by atoms with Crippen LogP contribution >= 0.6 is 0 Å². The van der Waals surface area contributed by atoms with Crippen molar-refractivity contribution < 1.29 is 9.32 Å². The van der Waals surface area contributed by atoms with Crippen molar-refractivity contribution in [1.29, 1.82) is 0 Å². The number of nitrogens with one attached hydrogen (secondary N) is 1. The molecule has 7 nitrogen and oxygen atoms in total. The Morgan fingerprint density at radius 1 is 1.16 bits per heavy atom. The van der Waals surface area contributed by atoms with E-state index in [9.17, 15) is 9.59 Å². The maximum Gasteiger partial charge on any atom is 0.291 e. The minimum Gasteiger partial charge on any atom is -0.356 e. The molecule has 2 aliphatic rings. The Bertz CT molecular complexity index is 1120. The molecule has 0 radical (unpaired) electrons. The van der Waals surface area contributed by atoms with E-state index in [0.29, 0.717) is 11.4 Å². The molecule has 2 heterocycles. The molecule has 0 atom stereocenters.